The highest BCUT2D eigenvalue weighted by atomic mass is 14.9. The molecule has 0 saturated carbocycles. The van der Waals surface area contributed by atoms with Crippen LogP contribution in [0.5, 0.6) is 0 Å². The molecule has 1 radical (unpaired) electrons. The molecule has 85 valence electrons. The van der Waals surface area contributed by atoms with Crippen LogP contribution in [0.25, 0.3) is 11.3 Å². The molecule has 0 aliphatic carbocycles. The van der Waals surface area contributed by atoms with Crippen molar-refractivity contribution < 1.29 is 0 Å². The van der Waals surface area contributed by atoms with E-state index in [1.807, 2.05) is 30.5 Å². The van der Waals surface area contributed by atoms with Gasteiger partial charge in [-0.05, 0) is 43.1 Å². The lowest BCUT2D eigenvalue weighted by atomic mass is 9.97. The minimum Gasteiger partial charge on any atom is -0.310 e. The van der Waals surface area contributed by atoms with Gasteiger partial charge < -0.3 is 5.32 Å². The van der Waals surface area contributed by atoms with E-state index >= 15 is 0 Å². The molecule has 1 saturated heterocycles. The molecular formula is C15H15N2. The predicted molar refractivity (Wildman–Crippen MR) is 68.5 cm³/mol. The summed E-state index contributed by atoms with van der Waals surface area (Å²) in [4.78, 5) is 4.43. The molecule has 2 aromatic rings. The van der Waals surface area contributed by atoms with Gasteiger partial charge in [-0.1, -0.05) is 24.3 Å². The zero-order valence-electron chi connectivity index (χ0n) is 9.69. The molecule has 1 N–H and O–H groups in total. The minimum atomic E-state index is 0.438. The molecule has 1 aliphatic rings. The van der Waals surface area contributed by atoms with Crippen molar-refractivity contribution in [1.29, 1.82) is 0 Å². The highest BCUT2D eigenvalue weighted by molar-refractivity contribution is 5.64. The third-order valence-corrected chi connectivity index (χ3v) is 3.24. The molecule has 1 aromatic heterocycles. The van der Waals surface area contributed by atoms with Crippen LogP contribution >= 0.6 is 0 Å². The Hall–Kier alpha value is -1.67. The van der Waals surface area contributed by atoms with Gasteiger partial charge in [-0.2, -0.15) is 0 Å². The molecule has 1 fully saturated rings. The molecule has 0 amide bonds. The van der Waals surface area contributed by atoms with E-state index in [0.717, 1.165) is 12.2 Å². The van der Waals surface area contributed by atoms with Crippen LogP contribution in [0.4, 0.5) is 0 Å². The third-order valence-electron chi connectivity index (χ3n) is 3.24. The van der Waals surface area contributed by atoms with Crippen molar-refractivity contribution in [2.45, 2.75) is 18.9 Å². The Morgan fingerprint density at radius 1 is 1.24 bits per heavy atom. The summed E-state index contributed by atoms with van der Waals surface area (Å²) < 4.78 is 0. The number of hydrogen-bond acceptors (Lipinski definition) is 2. The van der Waals surface area contributed by atoms with Crippen LogP contribution in [-0.2, 0) is 0 Å². The van der Waals surface area contributed by atoms with E-state index < -0.39 is 0 Å². The van der Waals surface area contributed by atoms with Crippen LogP contribution in [-0.4, -0.2) is 11.5 Å². The molecule has 0 spiro atoms. The summed E-state index contributed by atoms with van der Waals surface area (Å²) in [7, 11) is 0. The number of benzene rings is 1. The fourth-order valence-electron chi connectivity index (χ4n) is 2.41. The van der Waals surface area contributed by atoms with Crippen molar-refractivity contribution in [3.63, 3.8) is 0 Å². The van der Waals surface area contributed by atoms with Gasteiger partial charge in [0.05, 0.1) is 5.69 Å². The first-order valence-electron chi connectivity index (χ1n) is 6.10. The first-order valence-corrected chi connectivity index (χ1v) is 6.10. The Bertz CT molecular complexity index is 487. The second kappa shape index (κ2) is 4.68. The van der Waals surface area contributed by atoms with E-state index in [-0.39, 0.29) is 0 Å². The highest BCUT2D eigenvalue weighted by Crippen LogP contribution is 2.30. The van der Waals surface area contributed by atoms with Crippen LogP contribution in [0.2, 0.25) is 0 Å². The normalized spacial score (nSPS) is 19.4. The molecule has 1 unspecified atom stereocenters. The van der Waals surface area contributed by atoms with Crippen molar-refractivity contribution in [2.24, 2.45) is 0 Å². The fourth-order valence-corrected chi connectivity index (χ4v) is 2.41. The summed E-state index contributed by atoms with van der Waals surface area (Å²) in [5.74, 6) is 0. The molecule has 2 heterocycles. The largest absolute Gasteiger partial charge is 0.310 e. The molecular weight excluding hydrogens is 208 g/mol. The monoisotopic (exact) mass is 223 g/mol. The van der Waals surface area contributed by atoms with E-state index in [1.54, 1.807) is 0 Å². The summed E-state index contributed by atoms with van der Waals surface area (Å²) in [5, 5.41) is 3.52. The van der Waals surface area contributed by atoms with Crippen LogP contribution in [0, 0.1) is 6.07 Å². The topological polar surface area (TPSA) is 24.9 Å². The van der Waals surface area contributed by atoms with Gasteiger partial charge >= 0.3 is 0 Å². The van der Waals surface area contributed by atoms with Gasteiger partial charge in [-0.3, -0.25) is 4.98 Å². The highest BCUT2D eigenvalue weighted by Gasteiger charge is 2.19. The Kier molecular flexibility index (Phi) is 2.88. The second-order valence-corrected chi connectivity index (χ2v) is 4.36. The molecule has 0 bridgehead atoms. The lowest BCUT2D eigenvalue weighted by Crippen LogP contribution is -2.14. The summed E-state index contributed by atoms with van der Waals surface area (Å²) in [5.41, 5.74) is 3.49. The van der Waals surface area contributed by atoms with E-state index in [2.05, 4.69) is 28.5 Å². The smallest absolute Gasteiger partial charge is 0.0705 e. The minimum absolute atomic E-state index is 0.438. The van der Waals surface area contributed by atoms with Gasteiger partial charge in [0, 0.05) is 17.8 Å². The number of pyridine rings is 1. The number of rotatable bonds is 2. The third kappa shape index (κ3) is 2.08. The summed E-state index contributed by atoms with van der Waals surface area (Å²) >= 11 is 0. The number of nitrogens with one attached hydrogen (secondary N) is 1. The average Bonchev–Trinajstić information content (AvgIpc) is 2.94. The van der Waals surface area contributed by atoms with Crippen LogP contribution < -0.4 is 5.32 Å². The van der Waals surface area contributed by atoms with Crippen molar-refractivity contribution in [3.05, 3.63) is 54.2 Å². The Labute approximate surface area is 102 Å². The van der Waals surface area contributed by atoms with Crippen molar-refractivity contribution in [3.8, 4) is 11.3 Å². The van der Waals surface area contributed by atoms with E-state index in [4.69, 9.17) is 0 Å². The van der Waals surface area contributed by atoms with Crippen molar-refractivity contribution in [2.75, 3.05) is 6.54 Å². The summed E-state index contributed by atoms with van der Waals surface area (Å²) in [6.07, 6.45) is 4.28. The first kappa shape index (κ1) is 10.5. The van der Waals surface area contributed by atoms with E-state index in [1.165, 1.54) is 24.0 Å². The number of hydrogen-bond donors (Lipinski definition) is 1. The summed E-state index contributed by atoms with van der Waals surface area (Å²) in [6, 6.07) is 16.0. The number of nitrogens with zero attached hydrogens (tertiary/aromatic N) is 1. The average molecular weight is 223 g/mol. The molecule has 1 aliphatic heterocycles. The van der Waals surface area contributed by atoms with Gasteiger partial charge in [0.2, 0.25) is 0 Å². The fraction of sp³-hybridized carbons (Fsp3) is 0.267. The number of aromatic nitrogens is 1. The maximum absolute atomic E-state index is 4.43. The SMILES string of the molecule is [c]1cccc(-c2ccccn2)c1C1CCCN1. The summed E-state index contributed by atoms with van der Waals surface area (Å²) in [6.45, 7) is 1.11. The quantitative estimate of drug-likeness (QED) is 0.846. The Morgan fingerprint density at radius 3 is 3.00 bits per heavy atom. The maximum atomic E-state index is 4.43. The van der Waals surface area contributed by atoms with Crippen LogP contribution in [0.1, 0.15) is 24.4 Å². The van der Waals surface area contributed by atoms with Crippen LogP contribution in [0.15, 0.2) is 42.6 Å². The van der Waals surface area contributed by atoms with Crippen molar-refractivity contribution in [1.82, 2.24) is 10.3 Å². The van der Waals surface area contributed by atoms with Gasteiger partial charge in [0.15, 0.2) is 0 Å². The molecule has 1 aromatic carbocycles. The standard InChI is InChI=1S/C15H15N2/c1-2-7-13(15-9-5-11-17-15)12(6-1)14-8-3-4-10-16-14/h1-4,6,8,10,15,17H,5,9,11H2. The Morgan fingerprint density at radius 2 is 2.24 bits per heavy atom. The van der Waals surface area contributed by atoms with Crippen LogP contribution in [0.3, 0.4) is 0 Å². The van der Waals surface area contributed by atoms with Crippen molar-refractivity contribution >= 4 is 0 Å². The van der Waals surface area contributed by atoms with E-state index in [9.17, 15) is 0 Å². The molecule has 2 heteroatoms. The molecule has 17 heavy (non-hydrogen) atoms. The van der Waals surface area contributed by atoms with E-state index in [0.29, 0.717) is 6.04 Å². The maximum Gasteiger partial charge on any atom is 0.0705 e. The van der Waals surface area contributed by atoms with Gasteiger partial charge in [-0.15, -0.1) is 0 Å². The van der Waals surface area contributed by atoms with Gasteiger partial charge in [-0.25, -0.2) is 0 Å². The zero-order chi connectivity index (χ0) is 11.5. The molecule has 2 nitrogen and oxygen atoms in total. The lowest BCUT2D eigenvalue weighted by molar-refractivity contribution is 0.648. The molecule has 3 rings (SSSR count). The lowest BCUT2D eigenvalue weighted by Gasteiger charge is -2.14. The van der Waals surface area contributed by atoms with Gasteiger partial charge in [0.25, 0.3) is 0 Å². The first-order chi connectivity index (χ1) is 8.45. The molecule has 1 atom stereocenters. The Balaban J connectivity index is 2.04. The zero-order valence-corrected chi connectivity index (χ0v) is 9.69. The second-order valence-electron chi connectivity index (χ2n) is 4.36. The predicted octanol–water partition coefficient (Wildman–Crippen LogP) is 2.97. The van der Waals surface area contributed by atoms with Gasteiger partial charge in [0.1, 0.15) is 0 Å².